The number of rotatable bonds is 5. The first-order valence-corrected chi connectivity index (χ1v) is 11.5. The average molecular weight is 382 g/mol. The van der Waals surface area contributed by atoms with E-state index in [2.05, 4.69) is 39.2 Å². The number of carboxylic acid groups (broad SMARTS) is 1. The smallest absolute Gasteiger partial charge is 0.408 e. The second-order valence-electron chi connectivity index (χ2n) is 8.85. The van der Waals surface area contributed by atoms with Crippen molar-refractivity contribution < 1.29 is 23.9 Å². The molecule has 7 heteroatoms. The Morgan fingerprint density at radius 3 is 2.15 bits per heavy atom. The number of carboxylic acids is 1. The highest BCUT2D eigenvalue weighted by Crippen LogP contribution is 2.37. The third-order valence-electron chi connectivity index (χ3n) is 4.28. The van der Waals surface area contributed by atoms with Crippen LogP contribution in [0, 0.1) is 0 Å². The number of ether oxygens (including phenoxy) is 1. The van der Waals surface area contributed by atoms with E-state index in [1.54, 1.807) is 45.0 Å². The largest absolute Gasteiger partial charge is 0.543 e. The van der Waals surface area contributed by atoms with Crippen LogP contribution in [0.1, 0.15) is 53.1 Å². The van der Waals surface area contributed by atoms with Crippen LogP contribution in [0.3, 0.4) is 0 Å². The van der Waals surface area contributed by atoms with Crippen LogP contribution in [0.25, 0.3) is 0 Å². The molecule has 1 atom stereocenters. The highest BCUT2D eigenvalue weighted by Gasteiger charge is 2.39. The molecular weight excluding hydrogens is 350 g/mol. The Labute approximate surface area is 157 Å². The molecule has 0 aliphatic rings. The van der Waals surface area contributed by atoms with Gasteiger partial charge >= 0.3 is 12.1 Å². The highest BCUT2D eigenvalue weighted by atomic mass is 28.4. The summed E-state index contributed by atoms with van der Waals surface area (Å²) >= 11 is 0. The van der Waals surface area contributed by atoms with Crippen molar-refractivity contribution in [3.8, 4) is 5.75 Å². The lowest BCUT2D eigenvalue weighted by molar-refractivity contribution is -0.139. The molecular formula is C19H31NO5Si. The van der Waals surface area contributed by atoms with Crippen molar-refractivity contribution in [3.05, 3.63) is 29.8 Å². The fourth-order valence-corrected chi connectivity index (χ4v) is 2.94. The first-order chi connectivity index (χ1) is 11.6. The van der Waals surface area contributed by atoms with Crippen LogP contribution in [-0.4, -0.2) is 31.1 Å². The first kappa shape index (κ1) is 22.0. The van der Waals surface area contributed by atoms with Gasteiger partial charge in [-0.25, -0.2) is 9.59 Å². The Bertz CT molecular complexity index is 659. The van der Waals surface area contributed by atoms with Gasteiger partial charge in [0.15, 0.2) is 6.04 Å². The first-order valence-electron chi connectivity index (χ1n) is 8.64. The lowest BCUT2D eigenvalue weighted by Crippen LogP contribution is -2.44. The molecule has 2 N–H and O–H groups in total. The van der Waals surface area contributed by atoms with Crippen LogP contribution < -0.4 is 9.74 Å². The van der Waals surface area contributed by atoms with E-state index in [-0.39, 0.29) is 5.04 Å². The van der Waals surface area contributed by atoms with Gasteiger partial charge in [0.1, 0.15) is 11.4 Å². The lowest BCUT2D eigenvalue weighted by Gasteiger charge is -2.36. The van der Waals surface area contributed by atoms with Crippen molar-refractivity contribution in [2.24, 2.45) is 0 Å². The molecule has 0 heterocycles. The summed E-state index contributed by atoms with van der Waals surface area (Å²) in [5.74, 6) is -0.563. The summed E-state index contributed by atoms with van der Waals surface area (Å²) in [6.07, 6.45) is -0.777. The molecule has 0 aliphatic heterocycles. The number of alkyl carbamates (subject to hydrolysis) is 1. The zero-order chi connectivity index (χ0) is 20.3. The molecule has 0 spiro atoms. The molecule has 0 aromatic heterocycles. The Kier molecular flexibility index (Phi) is 6.52. The van der Waals surface area contributed by atoms with Crippen molar-refractivity contribution in [1.82, 2.24) is 5.32 Å². The molecule has 1 aromatic rings. The Hall–Kier alpha value is -2.02. The van der Waals surface area contributed by atoms with Gasteiger partial charge in [0, 0.05) is 0 Å². The molecule has 0 aliphatic carbocycles. The number of nitrogens with one attached hydrogen (secondary N) is 1. The molecule has 1 amide bonds. The third-order valence-corrected chi connectivity index (χ3v) is 8.64. The van der Waals surface area contributed by atoms with Crippen LogP contribution in [0.5, 0.6) is 5.75 Å². The number of benzene rings is 1. The topological polar surface area (TPSA) is 84.9 Å². The molecule has 1 aromatic carbocycles. The molecule has 146 valence electrons. The lowest BCUT2D eigenvalue weighted by atomic mass is 10.1. The standard InChI is InChI=1S/C19H31NO5Si/c1-18(2,3)24-17(23)20-15(16(21)22)13-10-9-11-14(12-13)25-26(7,8)19(4,5)6/h9-12,15H,1-8H3,(H,20,23)(H,21,22). The molecule has 0 bridgehead atoms. The van der Waals surface area contributed by atoms with Crippen molar-refractivity contribution in [1.29, 1.82) is 0 Å². The monoisotopic (exact) mass is 381 g/mol. The summed E-state index contributed by atoms with van der Waals surface area (Å²) in [4.78, 5) is 23.6. The van der Waals surface area contributed by atoms with Gasteiger partial charge in [-0.1, -0.05) is 32.9 Å². The Balaban J connectivity index is 3.04. The van der Waals surface area contributed by atoms with E-state index in [1.165, 1.54) is 0 Å². The maximum Gasteiger partial charge on any atom is 0.408 e. The predicted molar refractivity (Wildman–Crippen MR) is 104 cm³/mol. The third kappa shape index (κ3) is 6.37. The Morgan fingerprint density at radius 2 is 1.69 bits per heavy atom. The van der Waals surface area contributed by atoms with Crippen LogP contribution in [0.15, 0.2) is 24.3 Å². The maximum atomic E-state index is 12.0. The van der Waals surface area contributed by atoms with Gasteiger partial charge < -0.3 is 19.6 Å². The quantitative estimate of drug-likeness (QED) is 0.721. The number of carbonyl (C=O) groups excluding carboxylic acids is 1. The van der Waals surface area contributed by atoms with E-state index in [1.807, 2.05) is 0 Å². The summed E-state index contributed by atoms with van der Waals surface area (Å²) < 4.78 is 11.4. The average Bonchev–Trinajstić information content (AvgIpc) is 2.41. The maximum absolute atomic E-state index is 12.0. The normalized spacial score (nSPS) is 13.7. The minimum Gasteiger partial charge on any atom is -0.543 e. The van der Waals surface area contributed by atoms with Gasteiger partial charge in [0.2, 0.25) is 8.32 Å². The minimum atomic E-state index is -2.05. The van der Waals surface area contributed by atoms with Crippen molar-refractivity contribution in [2.75, 3.05) is 0 Å². The Morgan fingerprint density at radius 1 is 1.12 bits per heavy atom. The van der Waals surface area contributed by atoms with Crippen LogP contribution in [0.4, 0.5) is 4.79 Å². The predicted octanol–water partition coefficient (Wildman–Crippen LogP) is 4.72. The molecule has 1 unspecified atom stereocenters. The summed E-state index contributed by atoms with van der Waals surface area (Å²) in [6.45, 7) is 15.8. The highest BCUT2D eigenvalue weighted by molar-refractivity contribution is 6.74. The SMILES string of the molecule is CC(C)(C)OC(=O)NC(C(=O)O)c1cccc(O[Si](C)(C)C(C)(C)C)c1. The van der Waals surface area contributed by atoms with Crippen LogP contribution in [-0.2, 0) is 9.53 Å². The van der Waals surface area contributed by atoms with E-state index in [4.69, 9.17) is 9.16 Å². The molecule has 6 nitrogen and oxygen atoms in total. The molecule has 0 saturated carbocycles. The fraction of sp³-hybridized carbons (Fsp3) is 0.579. The van der Waals surface area contributed by atoms with E-state index in [0.717, 1.165) is 0 Å². The van der Waals surface area contributed by atoms with E-state index < -0.39 is 32.0 Å². The summed E-state index contributed by atoms with van der Waals surface area (Å²) in [5.41, 5.74) is -0.278. The number of amides is 1. The number of hydrogen-bond acceptors (Lipinski definition) is 4. The summed E-state index contributed by atoms with van der Waals surface area (Å²) in [7, 11) is -2.05. The van der Waals surface area contributed by atoms with Crippen LogP contribution >= 0.6 is 0 Å². The van der Waals surface area contributed by atoms with E-state index in [0.29, 0.717) is 11.3 Å². The van der Waals surface area contributed by atoms with Gasteiger partial charge in [-0.05, 0) is 56.6 Å². The van der Waals surface area contributed by atoms with E-state index >= 15 is 0 Å². The minimum absolute atomic E-state index is 0.0178. The molecule has 0 fully saturated rings. The van der Waals surface area contributed by atoms with Crippen molar-refractivity contribution >= 4 is 20.4 Å². The summed E-state index contributed by atoms with van der Waals surface area (Å²) in [6, 6.07) is 5.62. The van der Waals surface area contributed by atoms with Crippen LogP contribution in [0.2, 0.25) is 18.1 Å². The van der Waals surface area contributed by atoms with E-state index in [9.17, 15) is 14.7 Å². The van der Waals surface area contributed by atoms with Crippen molar-refractivity contribution in [2.45, 2.75) is 71.3 Å². The second-order valence-corrected chi connectivity index (χ2v) is 13.6. The second kappa shape index (κ2) is 7.69. The molecule has 1 rings (SSSR count). The number of carbonyl (C=O) groups is 2. The van der Waals surface area contributed by atoms with Gasteiger partial charge in [-0.2, -0.15) is 0 Å². The zero-order valence-electron chi connectivity index (χ0n) is 17.0. The fourth-order valence-electron chi connectivity index (χ4n) is 1.92. The van der Waals surface area contributed by atoms with Gasteiger partial charge in [-0.3, -0.25) is 0 Å². The molecule has 0 saturated heterocycles. The van der Waals surface area contributed by atoms with Gasteiger partial charge in [0.05, 0.1) is 0 Å². The van der Waals surface area contributed by atoms with Gasteiger partial charge in [-0.15, -0.1) is 0 Å². The molecule has 26 heavy (non-hydrogen) atoms. The van der Waals surface area contributed by atoms with Crippen molar-refractivity contribution in [3.63, 3.8) is 0 Å². The number of hydrogen-bond donors (Lipinski definition) is 2. The number of aliphatic carboxylic acids is 1. The van der Waals surface area contributed by atoms with Gasteiger partial charge in [0.25, 0.3) is 0 Å². The summed E-state index contributed by atoms with van der Waals surface area (Å²) in [5, 5.41) is 11.9. The molecule has 0 radical (unpaired) electrons. The zero-order valence-corrected chi connectivity index (χ0v) is 18.0.